The van der Waals surface area contributed by atoms with Crippen molar-refractivity contribution in [3.63, 3.8) is 0 Å². The summed E-state index contributed by atoms with van der Waals surface area (Å²) in [5.74, 6) is 0.772. The Hall–Kier alpha value is -2.87. The van der Waals surface area contributed by atoms with Crippen LogP contribution in [0.1, 0.15) is 0 Å². The summed E-state index contributed by atoms with van der Waals surface area (Å²) in [6.07, 6.45) is 0. The fourth-order valence-electron chi connectivity index (χ4n) is 2.38. The topological polar surface area (TPSA) is 69.0 Å². The van der Waals surface area contributed by atoms with Gasteiger partial charge in [-0.2, -0.15) is 0 Å². The smallest absolute Gasteiger partial charge is 0.234 e. The average molecular weight is 372 g/mol. The molecule has 1 heterocycles. The number of rotatable bonds is 6. The van der Waals surface area contributed by atoms with Gasteiger partial charge in [-0.05, 0) is 24.3 Å². The number of nitrogens with one attached hydrogen (secondary N) is 1. The number of hydrogen-bond acceptors (Lipinski definition) is 5. The van der Waals surface area contributed by atoms with E-state index >= 15 is 0 Å². The van der Waals surface area contributed by atoms with Gasteiger partial charge in [0.2, 0.25) is 5.91 Å². The van der Waals surface area contributed by atoms with E-state index in [1.165, 1.54) is 23.9 Å². The van der Waals surface area contributed by atoms with Crippen LogP contribution in [-0.2, 0) is 11.8 Å². The summed E-state index contributed by atoms with van der Waals surface area (Å²) in [6, 6.07) is 13.3. The number of nitrogens with zero attached hydrogens (tertiary/aromatic N) is 3. The summed E-state index contributed by atoms with van der Waals surface area (Å²) >= 11 is 1.25. The van der Waals surface area contributed by atoms with E-state index in [4.69, 9.17) is 4.74 Å². The van der Waals surface area contributed by atoms with Crippen molar-refractivity contribution < 1.29 is 13.9 Å². The zero-order valence-corrected chi connectivity index (χ0v) is 15.1. The maximum atomic E-state index is 13.4. The molecule has 0 aliphatic heterocycles. The molecule has 0 saturated carbocycles. The number of methoxy groups -OCH3 is 1. The van der Waals surface area contributed by atoms with Crippen LogP contribution in [0.5, 0.6) is 5.75 Å². The molecule has 1 amide bonds. The number of carbonyl (C=O) groups excluding carboxylic acids is 1. The Kier molecular flexibility index (Phi) is 5.52. The molecule has 26 heavy (non-hydrogen) atoms. The van der Waals surface area contributed by atoms with E-state index in [9.17, 15) is 9.18 Å². The number of benzene rings is 2. The third kappa shape index (κ3) is 4.02. The van der Waals surface area contributed by atoms with Gasteiger partial charge in [0, 0.05) is 12.6 Å². The van der Waals surface area contributed by atoms with E-state index in [1.54, 1.807) is 43.0 Å². The normalized spacial score (nSPS) is 10.6. The van der Waals surface area contributed by atoms with Crippen molar-refractivity contribution in [1.82, 2.24) is 14.8 Å². The minimum Gasteiger partial charge on any atom is -0.495 e. The Bertz CT molecular complexity index is 929. The van der Waals surface area contributed by atoms with Gasteiger partial charge in [-0.15, -0.1) is 10.2 Å². The summed E-state index contributed by atoms with van der Waals surface area (Å²) in [5, 5.41) is 11.5. The van der Waals surface area contributed by atoms with Crippen LogP contribution >= 0.6 is 11.8 Å². The molecule has 1 N–H and O–H groups in total. The molecule has 0 saturated heterocycles. The molecule has 1 aromatic heterocycles. The molecule has 3 rings (SSSR count). The summed E-state index contributed by atoms with van der Waals surface area (Å²) in [4.78, 5) is 12.2. The van der Waals surface area contributed by atoms with E-state index in [2.05, 4.69) is 15.5 Å². The van der Waals surface area contributed by atoms with E-state index < -0.39 is 0 Å². The van der Waals surface area contributed by atoms with Crippen molar-refractivity contribution in [2.24, 2.45) is 7.05 Å². The molecule has 0 atom stereocenters. The standard InChI is InChI=1S/C18H17FN4O2S/c1-23-17(12-6-5-7-13(19)10-12)21-22-18(23)26-11-16(24)20-14-8-3-4-9-15(14)25-2/h3-10H,11H2,1-2H3,(H,20,24). The number of aromatic nitrogens is 3. The number of ether oxygens (including phenoxy) is 1. The second kappa shape index (κ2) is 8.01. The Morgan fingerprint density at radius 2 is 2.04 bits per heavy atom. The predicted octanol–water partition coefficient (Wildman–Crippen LogP) is 3.36. The van der Waals surface area contributed by atoms with E-state index in [0.29, 0.717) is 28.0 Å². The molecule has 0 aliphatic carbocycles. The highest BCUT2D eigenvalue weighted by atomic mass is 32.2. The van der Waals surface area contributed by atoms with Crippen molar-refractivity contribution in [3.8, 4) is 17.1 Å². The molecule has 3 aromatic rings. The summed E-state index contributed by atoms with van der Waals surface area (Å²) < 4.78 is 20.3. The zero-order valence-electron chi connectivity index (χ0n) is 14.3. The number of thioether (sulfide) groups is 1. The van der Waals surface area contributed by atoms with Crippen LogP contribution < -0.4 is 10.1 Å². The molecule has 0 spiro atoms. The van der Waals surface area contributed by atoms with E-state index in [-0.39, 0.29) is 17.5 Å². The Labute approximate surface area is 154 Å². The Morgan fingerprint density at radius 1 is 1.23 bits per heavy atom. The fraction of sp³-hybridized carbons (Fsp3) is 0.167. The van der Waals surface area contributed by atoms with Gasteiger partial charge in [0.1, 0.15) is 11.6 Å². The van der Waals surface area contributed by atoms with Crippen LogP contribution in [0.2, 0.25) is 0 Å². The lowest BCUT2D eigenvalue weighted by atomic mass is 10.2. The van der Waals surface area contributed by atoms with Gasteiger partial charge < -0.3 is 14.6 Å². The van der Waals surface area contributed by atoms with Crippen molar-refractivity contribution >= 4 is 23.4 Å². The highest BCUT2D eigenvalue weighted by Crippen LogP contribution is 2.25. The van der Waals surface area contributed by atoms with Crippen LogP contribution in [-0.4, -0.2) is 33.5 Å². The number of halogens is 1. The van der Waals surface area contributed by atoms with Crippen molar-refractivity contribution in [2.45, 2.75) is 5.16 Å². The molecule has 0 fully saturated rings. The molecule has 0 aliphatic rings. The van der Waals surface area contributed by atoms with Crippen molar-refractivity contribution in [3.05, 3.63) is 54.3 Å². The maximum absolute atomic E-state index is 13.4. The Balaban J connectivity index is 1.66. The highest BCUT2D eigenvalue weighted by molar-refractivity contribution is 7.99. The lowest BCUT2D eigenvalue weighted by molar-refractivity contribution is -0.113. The molecular formula is C18H17FN4O2S. The minimum atomic E-state index is -0.337. The second-order valence-corrected chi connectivity index (χ2v) is 6.36. The van der Waals surface area contributed by atoms with Gasteiger partial charge in [-0.25, -0.2) is 4.39 Å². The molecular weight excluding hydrogens is 355 g/mol. The first-order chi connectivity index (χ1) is 12.6. The predicted molar refractivity (Wildman–Crippen MR) is 98.7 cm³/mol. The largest absolute Gasteiger partial charge is 0.495 e. The van der Waals surface area contributed by atoms with Gasteiger partial charge in [-0.1, -0.05) is 36.0 Å². The first kappa shape index (κ1) is 17.9. The summed E-state index contributed by atoms with van der Waals surface area (Å²) in [5.41, 5.74) is 1.24. The molecule has 134 valence electrons. The van der Waals surface area contributed by atoms with Crippen LogP contribution in [0.15, 0.2) is 53.7 Å². The number of para-hydroxylation sites is 2. The lowest BCUT2D eigenvalue weighted by Gasteiger charge is -2.09. The van der Waals surface area contributed by atoms with E-state index in [1.807, 2.05) is 12.1 Å². The third-order valence-corrected chi connectivity index (χ3v) is 4.65. The number of anilines is 1. The summed E-state index contributed by atoms with van der Waals surface area (Å²) in [7, 11) is 3.33. The van der Waals surface area contributed by atoms with Crippen LogP contribution in [0.25, 0.3) is 11.4 Å². The molecule has 6 nitrogen and oxygen atoms in total. The van der Waals surface area contributed by atoms with Gasteiger partial charge >= 0.3 is 0 Å². The van der Waals surface area contributed by atoms with Gasteiger partial charge in [0.25, 0.3) is 0 Å². The number of amides is 1. The molecule has 0 bridgehead atoms. The minimum absolute atomic E-state index is 0.160. The first-order valence-electron chi connectivity index (χ1n) is 7.79. The quantitative estimate of drug-likeness (QED) is 0.672. The van der Waals surface area contributed by atoms with E-state index in [0.717, 1.165) is 0 Å². The SMILES string of the molecule is COc1ccccc1NC(=O)CSc1nnc(-c2cccc(F)c2)n1C. The maximum Gasteiger partial charge on any atom is 0.234 e. The second-order valence-electron chi connectivity index (χ2n) is 5.41. The van der Waals surface area contributed by atoms with Gasteiger partial charge in [0.05, 0.1) is 18.6 Å². The number of hydrogen-bond donors (Lipinski definition) is 1. The zero-order chi connectivity index (χ0) is 18.5. The molecule has 0 radical (unpaired) electrons. The van der Waals surface area contributed by atoms with Crippen LogP contribution in [0.3, 0.4) is 0 Å². The lowest BCUT2D eigenvalue weighted by Crippen LogP contribution is -2.15. The first-order valence-corrected chi connectivity index (χ1v) is 8.78. The van der Waals surface area contributed by atoms with Gasteiger partial charge in [-0.3, -0.25) is 4.79 Å². The van der Waals surface area contributed by atoms with Crippen molar-refractivity contribution in [1.29, 1.82) is 0 Å². The highest BCUT2D eigenvalue weighted by Gasteiger charge is 2.14. The Morgan fingerprint density at radius 3 is 2.81 bits per heavy atom. The third-order valence-electron chi connectivity index (χ3n) is 3.63. The fourth-order valence-corrected chi connectivity index (χ4v) is 3.09. The van der Waals surface area contributed by atoms with Crippen LogP contribution in [0.4, 0.5) is 10.1 Å². The van der Waals surface area contributed by atoms with Crippen molar-refractivity contribution in [2.75, 3.05) is 18.2 Å². The molecule has 2 aromatic carbocycles. The number of carbonyl (C=O) groups is 1. The summed E-state index contributed by atoms with van der Waals surface area (Å²) in [6.45, 7) is 0. The van der Waals surface area contributed by atoms with Crippen LogP contribution in [0, 0.1) is 5.82 Å². The molecule has 0 unspecified atom stereocenters. The monoisotopic (exact) mass is 372 g/mol. The average Bonchev–Trinajstić information content (AvgIpc) is 3.01. The molecule has 8 heteroatoms. The van der Waals surface area contributed by atoms with Gasteiger partial charge in [0.15, 0.2) is 11.0 Å².